The van der Waals surface area contributed by atoms with Crippen LogP contribution in [-0.4, -0.2) is 35.1 Å². The maximum Gasteiger partial charge on any atom is 0.238 e. The molecule has 0 unspecified atom stereocenters. The van der Waals surface area contributed by atoms with E-state index in [1.54, 1.807) is 0 Å². The van der Waals surface area contributed by atoms with E-state index >= 15 is 0 Å². The molecule has 0 spiro atoms. The van der Waals surface area contributed by atoms with Crippen LogP contribution in [0.5, 0.6) is 0 Å². The van der Waals surface area contributed by atoms with Gasteiger partial charge in [0.15, 0.2) is 0 Å². The molecule has 0 aliphatic carbocycles. The molecular formula is C17H24N2O2S2. The Hall–Kier alpha value is -1.14. The highest BCUT2D eigenvalue weighted by Gasteiger charge is 2.28. The average Bonchev–Trinajstić information content (AvgIpc) is 2.55. The number of thioether (sulfide) groups is 2. The minimum atomic E-state index is -0.344. The molecule has 1 heterocycles. The molecule has 6 heteroatoms. The molecule has 2 amide bonds. The lowest BCUT2D eigenvalue weighted by molar-refractivity contribution is -0.124. The van der Waals surface area contributed by atoms with Gasteiger partial charge >= 0.3 is 0 Å². The molecule has 0 saturated carbocycles. The standard InChI is InChI=1S/C17H24N2O2S2/c1-2-3-10-22-11-6-9-18-16(20)12-15-17(21)19-13-7-4-5-8-14(13)23-15/h4-5,7-8,15H,2-3,6,9-12H2,1H3,(H,18,20)(H,19,21)/t15-/m1/s1. The lowest BCUT2D eigenvalue weighted by Crippen LogP contribution is -2.35. The van der Waals surface area contributed by atoms with Gasteiger partial charge in [-0.25, -0.2) is 0 Å². The minimum absolute atomic E-state index is 0.0458. The van der Waals surface area contributed by atoms with Gasteiger partial charge in [-0.05, 0) is 36.5 Å². The summed E-state index contributed by atoms with van der Waals surface area (Å²) in [6, 6.07) is 7.69. The minimum Gasteiger partial charge on any atom is -0.356 e. The Morgan fingerprint density at radius 3 is 2.91 bits per heavy atom. The van der Waals surface area contributed by atoms with E-state index in [-0.39, 0.29) is 23.5 Å². The lowest BCUT2D eigenvalue weighted by Gasteiger charge is -2.23. The zero-order chi connectivity index (χ0) is 16.5. The van der Waals surface area contributed by atoms with Crippen LogP contribution in [0.3, 0.4) is 0 Å². The second-order valence-corrected chi connectivity index (χ2v) is 7.93. The van der Waals surface area contributed by atoms with Crippen molar-refractivity contribution < 1.29 is 9.59 Å². The zero-order valence-corrected chi connectivity index (χ0v) is 15.1. The van der Waals surface area contributed by atoms with E-state index in [2.05, 4.69) is 17.6 Å². The van der Waals surface area contributed by atoms with E-state index in [0.717, 1.165) is 22.8 Å². The number of fused-ring (bicyclic) bond motifs is 1. The Morgan fingerprint density at radius 1 is 1.30 bits per heavy atom. The van der Waals surface area contributed by atoms with E-state index in [1.807, 2.05) is 36.0 Å². The van der Waals surface area contributed by atoms with Crippen LogP contribution in [0.2, 0.25) is 0 Å². The molecule has 1 aromatic carbocycles. The van der Waals surface area contributed by atoms with Crippen LogP contribution in [0.4, 0.5) is 5.69 Å². The van der Waals surface area contributed by atoms with Crippen molar-refractivity contribution in [2.75, 3.05) is 23.4 Å². The summed E-state index contributed by atoms with van der Waals surface area (Å²) in [6.07, 6.45) is 3.70. The van der Waals surface area contributed by atoms with Crippen LogP contribution in [-0.2, 0) is 9.59 Å². The number of amides is 2. The van der Waals surface area contributed by atoms with Gasteiger partial charge in [-0.15, -0.1) is 11.8 Å². The first-order chi connectivity index (χ1) is 11.2. The molecule has 2 rings (SSSR count). The summed E-state index contributed by atoms with van der Waals surface area (Å²) < 4.78 is 0. The fraction of sp³-hybridized carbons (Fsp3) is 0.529. The third-order valence-electron chi connectivity index (χ3n) is 3.51. The smallest absolute Gasteiger partial charge is 0.238 e. The molecule has 2 N–H and O–H groups in total. The molecule has 1 aliphatic heterocycles. The number of carbonyl (C=O) groups is 2. The number of anilines is 1. The van der Waals surface area contributed by atoms with Crippen LogP contribution in [0.25, 0.3) is 0 Å². The summed E-state index contributed by atoms with van der Waals surface area (Å²) in [6.45, 7) is 2.88. The number of unbranched alkanes of at least 4 members (excludes halogenated alkanes) is 1. The van der Waals surface area contributed by atoms with Gasteiger partial charge in [0, 0.05) is 17.9 Å². The fourth-order valence-electron chi connectivity index (χ4n) is 2.22. The predicted molar refractivity (Wildman–Crippen MR) is 99.2 cm³/mol. The van der Waals surface area contributed by atoms with Crippen molar-refractivity contribution >= 4 is 41.0 Å². The van der Waals surface area contributed by atoms with Crippen molar-refractivity contribution in [3.8, 4) is 0 Å². The van der Waals surface area contributed by atoms with Crippen molar-refractivity contribution in [2.24, 2.45) is 0 Å². The van der Waals surface area contributed by atoms with E-state index in [9.17, 15) is 9.59 Å². The van der Waals surface area contributed by atoms with Crippen molar-refractivity contribution in [1.82, 2.24) is 5.32 Å². The Balaban J connectivity index is 1.66. The van der Waals surface area contributed by atoms with Gasteiger partial charge in [-0.3, -0.25) is 9.59 Å². The number of benzene rings is 1. The van der Waals surface area contributed by atoms with Crippen LogP contribution in [0, 0.1) is 0 Å². The van der Waals surface area contributed by atoms with Gasteiger partial charge in [0.25, 0.3) is 0 Å². The SMILES string of the molecule is CCCCSCCCNC(=O)C[C@H]1Sc2ccccc2NC1=O. The van der Waals surface area contributed by atoms with E-state index in [0.29, 0.717) is 6.54 Å². The molecule has 1 aromatic rings. The van der Waals surface area contributed by atoms with Gasteiger partial charge < -0.3 is 10.6 Å². The molecule has 0 saturated heterocycles. The highest BCUT2D eigenvalue weighted by molar-refractivity contribution is 8.01. The molecular weight excluding hydrogens is 328 g/mol. The number of para-hydroxylation sites is 1. The van der Waals surface area contributed by atoms with Crippen LogP contribution in [0.15, 0.2) is 29.2 Å². The first kappa shape index (κ1) is 18.2. The lowest BCUT2D eigenvalue weighted by atomic mass is 10.2. The van der Waals surface area contributed by atoms with Gasteiger partial charge in [0.05, 0.1) is 10.9 Å². The molecule has 4 nitrogen and oxygen atoms in total. The predicted octanol–water partition coefficient (Wildman–Crippen LogP) is 3.53. The molecule has 0 aromatic heterocycles. The summed E-state index contributed by atoms with van der Waals surface area (Å²) >= 11 is 3.41. The van der Waals surface area contributed by atoms with Crippen molar-refractivity contribution in [3.05, 3.63) is 24.3 Å². The zero-order valence-electron chi connectivity index (χ0n) is 13.5. The van der Waals surface area contributed by atoms with Crippen molar-refractivity contribution in [1.29, 1.82) is 0 Å². The van der Waals surface area contributed by atoms with Crippen molar-refractivity contribution in [3.63, 3.8) is 0 Å². The number of hydrogen-bond acceptors (Lipinski definition) is 4. The highest BCUT2D eigenvalue weighted by atomic mass is 32.2. The number of carbonyl (C=O) groups excluding carboxylic acids is 2. The van der Waals surface area contributed by atoms with Gasteiger partial charge in [-0.2, -0.15) is 11.8 Å². The maximum atomic E-state index is 12.1. The Labute approximate surface area is 146 Å². The average molecular weight is 353 g/mol. The molecule has 1 aliphatic rings. The molecule has 0 radical (unpaired) electrons. The number of hydrogen-bond donors (Lipinski definition) is 2. The summed E-state index contributed by atoms with van der Waals surface area (Å²) in [5, 5.41) is 5.44. The molecule has 0 bridgehead atoms. The van der Waals surface area contributed by atoms with Crippen LogP contribution >= 0.6 is 23.5 Å². The Kier molecular flexibility index (Phi) is 7.82. The van der Waals surface area contributed by atoms with E-state index in [1.165, 1.54) is 30.4 Å². The maximum absolute atomic E-state index is 12.1. The quantitative estimate of drug-likeness (QED) is 0.668. The van der Waals surface area contributed by atoms with Crippen LogP contribution < -0.4 is 10.6 Å². The normalized spacial score (nSPS) is 16.6. The first-order valence-electron chi connectivity index (χ1n) is 8.11. The third kappa shape index (κ3) is 6.11. The summed E-state index contributed by atoms with van der Waals surface area (Å²) in [7, 11) is 0. The third-order valence-corrected chi connectivity index (χ3v) is 5.94. The van der Waals surface area contributed by atoms with Crippen molar-refractivity contribution in [2.45, 2.75) is 42.8 Å². The summed E-state index contributed by atoms with van der Waals surface area (Å²) in [5.41, 5.74) is 0.836. The van der Waals surface area contributed by atoms with Crippen LogP contribution in [0.1, 0.15) is 32.6 Å². The Morgan fingerprint density at radius 2 is 2.09 bits per heavy atom. The molecule has 23 heavy (non-hydrogen) atoms. The van der Waals surface area contributed by atoms with E-state index in [4.69, 9.17) is 0 Å². The monoisotopic (exact) mass is 352 g/mol. The second-order valence-electron chi connectivity index (χ2n) is 5.47. The van der Waals surface area contributed by atoms with Gasteiger partial charge in [0.2, 0.25) is 11.8 Å². The largest absolute Gasteiger partial charge is 0.356 e. The number of nitrogens with one attached hydrogen (secondary N) is 2. The fourth-order valence-corrected chi connectivity index (χ4v) is 4.37. The summed E-state index contributed by atoms with van der Waals surface area (Å²) in [4.78, 5) is 25.1. The second kappa shape index (κ2) is 9.88. The van der Waals surface area contributed by atoms with Gasteiger partial charge in [-0.1, -0.05) is 25.5 Å². The Bertz CT molecular complexity index is 537. The molecule has 126 valence electrons. The van der Waals surface area contributed by atoms with E-state index < -0.39 is 0 Å². The van der Waals surface area contributed by atoms with Gasteiger partial charge in [0.1, 0.15) is 0 Å². The first-order valence-corrected chi connectivity index (χ1v) is 10.1. The summed E-state index contributed by atoms with van der Waals surface area (Å²) in [5.74, 6) is 2.14. The molecule has 1 atom stereocenters. The number of rotatable bonds is 9. The molecule has 0 fully saturated rings. The highest BCUT2D eigenvalue weighted by Crippen LogP contribution is 2.36. The topological polar surface area (TPSA) is 58.2 Å².